The third-order valence-corrected chi connectivity index (χ3v) is 13.1. The van der Waals surface area contributed by atoms with E-state index in [4.69, 9.17) is 40.4 Å². The SMILES string of the molecule is CN(C)CCO.COc1cc(Nc2nc3ccccc3nc2NS(=O)(=O)c2ccc(Cl)nc2)cc(OC)c1.COc1cc(Nc2nc3ccccc3nc2NS(=O)(=O)c2ccc(OCCN(C)C)nc2)cc(OC)c1. The summed E-state index contributed by atoms with van der Waals surface area (Å²) in [7, 11) is 5.83. The Balaban J connectivity index is 0.000000222. The summed E-state index contributed by atoms with van der Waals surface area (Å²) in [4.78, 5) is 29.9. The van der Waals surface area contributed by atoms with Gasteiger partial charge in [-0.3, -0.25) is 9.44 Å². The third-order valence-electron chi connectivity index (χ3n) is 10.2. The minimum atomic E-state index is -4.04. The van der Waals surface area contributed by atoms with E-state index < -0.39 is 20.0 Å². The van der Waals surface area contributed by atoms with Crippen molar-refractivity contribution >= 4 is 88.4 Å². The predicted octanol–water partition coefficient (Wildman–Crippen LogP) is 7.31. The lowest BCUT2D eigenvalue weighted by molar-refractivity contribution is 0.243. The van der Waals surface area contributed by atoms with Crippen molar-refractivity contribution in [3.05, 3.63) is 127 Å². The molecule has 5 N–H and O–H groups in total. The minimum Gasteiger partial charge on any atom is -0.497 e. The van der Waals surface area contributed by atoms with Crippen LogP contribution in [-0.2, 0) is 20.0 Å². The van der Waals surface area contributed by atoms with Gasteiger partial charge in [0.2, 0.25) is 5.88 Å². The van der Waals surface area contributed by atoms with Gasteiger partial charge in [0.15, 0.2) is 23.3 Å². The molecule has 0 atom stereocenters. The molecule has 0 saturated heterocycles. The number of methoxy groups -OCH3 is 4. The number of para-hydroxylation sites is 4. The molecule has 25 heteroatoms. The van der Waals surface area contributed by atoms with Crippen LogP contribution in [0.3, 0.4) is 0 Å². The summed E-state index contributed by atoms with van der Waals surface area (Å²) in [6.45, 7) is 2.16. The van der Waals surface area contributed by atoms with Gasteiger partial charge in [-0.2, -0.15) is 0 Å². The van der Waals surface area contributed by atoms with Crippen molar-refractivity contribution in [3.63, 3.8) is 0 Å². The van der Waals surface area contributed by atoms with Crippen molar-refractivity contribution in [2.24, 2.45) is 0 Å². The van der Waals surface area contributed by atoms with Gasteiger partial charge in [-0.25, -0.2) is 46.7 Å². The molecule has 0 fully saturated rings. The number of pyridine rings is 2. The van der Waals surface area contributed by atoms with Crippen LogP contribution in [0.2, 0.25) is 5.15 Å². The third kappa shape index (κ3) is 16.3. The second-order valence-electron chi connectivity index (χ2n) is 16.3. The molecule has 396 valence electrons. The van der Waals surface area contributed by atoms with Gasteiger partial charge >= 0.3 is 0 Å². The number of rotatable bonds is 20. The van der Waals surface area contributed by atoms with Gasteiger partial charge in [-0.1, -0.05) is 35.9 Å². The van der Waals surface area contributed by atoms with Crippen LogP contribution in [0.1, 0.15) is 0 Å². The van der Waals surface area contributed by atoms with Crippen LogP contribution in [0.5, 0.6) is 28.9 Å². The average Bonchev–Trinajstić information content (AvgIpc) is 3.39. The van der Waals surface area contributed by atoms with E-state index in [1.807, 2.05) is 50.1 Å². The standard InChI is InChI=1S/C25H28N6O5S.C21H18ClN5O4S.C4H11NO/c1-31(2)11-12-36-23-10-9-20(16-26-23)37(32,33)30-25-24(28-21-7-5-6-8-22(21)29-25)27-17-13-18(34-3)15-19(14-17)35-4;1-30-14-9-13(10-15(11-14)31-2)24-20-21(26-18-6-4-3-5-17(18)25-20)27-32(28,29)16-7-8-19(22)23-12-16;1-5(2)3-4-6/h5-10,13-16H,11-12H2,1-4H3,(H,27,28)(H,29,30);3-12H,1-2H3,(H,24,25)(H,26,27);6H,3-4H2,1-2H3. The molecule has 4 heterocycles. The van der Waals surface area contributed by atoms with E-state index in [2.05, 4.69) is 50.0 Å². The molecule has 4 aromatic carbocycles. The Morgan fingerprint density at radius 1 is 0.520 bits per heavy atom. The zero-order valence-corrected chi connectivity index (χ0v) is 44.7. The number of aliphatic hydroxyl groups excluding tert-OH is 1. The number of aliphatic hydroxyl groups is 1. The molecular formula is C50H57ClN12O10S2. The Morgan fingerprint density at radius 3 is 1.23 bits per heavy atom. The van der Waals surface area contributed by atoms with Gasteiger partial charge in [-0.15, -0.1) is 0 Å². The van der Waals surface area contributed by atoms with Crippen molar-refractivity contribution in [1.29, 1.82) is 0 Å². The summed E-state index contributed by atoms with van der Waals surface area (Å²) in [6.07, 6.45) is 2.40. The number of ether oxygens (including phenoxy) is 5. The molecule has 0 aliphatic heterocycles. The Labute approximate surface area is 440 Å². The largest absolute Gasteiger partial charge is 0.497 e. The maximum atomic E-state index is 13.2. The van der Waals surface area contributed by atoms with Crippen molar-refractivity contribution in [2.45, 2.75) is 9.79 Å². The number of fused-ring (bicyclic) bond motifs is 2. The smallest absolute Gasteiger partial charge is 0.264 e. The van der Waals surface area contributed by atoms with E-state index in [-0.39, 0.29) is 44.8 Å². The first-order chi connectivity index (χ1) is 35.9. The van der Waals surface area contributed by atoms with E-state index in [1.165, 1.54) is 50.9 Å². The Bertz CT molecular complexity index is 3360. The second kappa shape index (κ2) is 26.4. The molecule has 4 aromatic heterocycles. The fourth-order valence-corrected chi connectivity index (χ4v) is 8.41. The van der Waals surface area contributed by atoms with Crippen molar-refractivity contribution < 1.29 is 45.6 Å². The van der Waals surface area contributed by atoms with Gasteiger partial charge in [0.25, 0.3) is 20.0 Å². The first-order valence-corrected chi connectivity index (χ1v) is 26.0. The van der Waals surface area contributed by atoms with Crippen molar-refractivity contribution in [1.82, 2.24) is 39.7 Å². The number of hydrogen-bond donors (Lipinski definition) is 5. The zero-order chi connectivity index (χ0) is 54.1. The van der Waals surface area contributed by atoms with Crippen LogP contribution >= 0.6 is 11.6 Å². The topological polar surface area (TPSA) is 267 Å². The van der Waals surface area contributed by atoms with Crippen molar-refractivity contribution in [2.75, 3.05) is 103 Å². The number of likely N-dealkylation sites (N-methyl/N-ethyl adjacent to an activating group) is 2. The molecule has 8 rings (SSSR count). The van der Waals surface area contributed by atoms with Crippen LogP contribution in [0.15, 0.2) is 131 Å². The lowest BCUT2D eigenvalue weighted by atomic mass is 10.2. The second-order valence-corrected chi connectivity index (χ2v) is 20.1. The fraction of sp³-hybridized carbons (Fsp3) is 0.240. The maximum absolute atomic E-state index is 13.2. The molecule has 0 radical (unpaired) electrons. The molecule has 0 bridgehead atoms. The number of benzene rings is 4. The van der Waals surface area contributed by atoms with Crippen LogP contribution in [-0.4, -0.2) is 145 Å². The van der Waals surface area contributed by atoms with Crippen LogP contribution in [0.25, 0.3) is 22.1 Å². The van der Waals surface area contributed by atoms with Gasteiger partial charge in [0.1, 0.15) is 44.5 Å². The molecule has 0 unspecified atom stereocenters. The number of halogens is 1. The fourth-order valence-electron chi connectivity index (χ4n) is 6.39. The zero-order valence-electron chi connectivity index (χ0n) is 42.3. The molecule has 22 nitrogen and oxygen atoms in total. The molecule has 0 spiro atoms. The number of hydrogen-bond acceptors (Lipinski definition) is 20. The summed E-state index contributed by atoms with van der Waals surface area (Å²) in [5.74, 6) is 2.98. The van der Waals surface area contributed by atoms with Crippen LogP contribution < -0.4 is 43.8 Å². The highest BCUT2D eigenvalue weighted by Gasteiger charge is 2.22. The lowest BCUT2D eigenvalue weighted by Gasteiger charge is -2.15. The average molecular weight is 1090 g/mol. The predicted molar refractivity (Wildman–Crippen MR) is 290 cm³/mol. The van der Waals surface area contributed by atoms with E-state index in [9.17, 15) is 16.8 Å². The molecule has 0 saturated carbocycles. The Morgan fingerprint density at radius 2 is 0.907 bits per heavy atom. The summed E-state index contributed by atoms with van der Waals surface area (Å²) in [6, 6.07) is 30.3. The Kier molecular flexibility index (Phi) is 19.8. The van der Waals surface area contributed by atoms with E-state index in [1.54, 1.807) is 87.0 Å². The highest BCUT2D eigenvalue weighted by molar-refractivity contribution is 7.93. The highest BCUT2D eigenvalue weighted by atomic mass is 35.5. The molecule has 8 aromatic rings. The number of anilines is 6. The van der Waals surface area contributed by atoms with Crippen molar-refractivity contribution in [3.8, 4) is 28.9 Å². The van der Waals surface area contributed by atoms with E-state index >= 15 is 0 Å². The molecule has 75 heavy (non-hydrogen) atoms. The van der Waals surface area contributed by atoms with Crippen LogP contribution in [0, 0.1) is 0 Å². The summed E-state index contributed by atoms with van der Waals surface area (Å²) in [5, 5.41) is 14.6. The molecule has 0 amide bonds. The quantitative estimate of drug-likeness (QED) is 0.0468. The molecular weight excluding hydrogens is 1030 g/mol. The van der Waals surface area contributed by atoms with Gasteiger partial charge in [-0.05, 0) is 70.7 Å². The first-order valence-electron chi connectivity index (χ1n) is 22.6. The normalized spacial score (nSPS) is 11.2. The number of aromatic nitrogens is 6. The lowest BCUT2D eigenvalue weighted by Crippen LogP contribution is -2.20. The maximum Gasteiger partial charge on any atom is 0.264 e. The number of sulfonamides is 2. The minimum absolute atomic E-state index is 0.0143. The summed E-state index contributed by atoms with van der Waals surface area (Å²) in [5.41, 5.74) is 3.36. The van der Waals surface area contributed by atoms with Gasteiger partial charge < -0.3 is 49.2 Å². The monoisotopic (exact) mass is 1080 g/mol. The number of nitrogens with one attached hydrogen (secondary N) is 4. The summed E-state index contributed by atoms with van der Waals surface area (Å²) < 4.78 is 84.1. The first kappa shape index (κ1) is 56.4. The van der Waals surface area contributed by atoms with E-state index in [0.29, 0.717) is 75.5 Å². The molecule has 0 aliphatic carbocycles. The van der Waals surface area contributed by atoms with Gasteiger partial charge in [0, 0.05) is 73.1 Å². The van der Waals surface area contributed by atoms with Crippen LogP contribution in [0.4, 0.5) is 34.6 Å². The van der Waals surface area contributed by atoms with Gasteiger partial charge in [0.05, 0.1) is 63.3 Å². The summed E-state index contributed by atoms with van der Waals surface area (Å²) >= 11 is 5.77. The molecule has 0 aliphatic rings. The highest BCUT2D eigenvalue weighted by Crippen LogP contribution is 2.33. The number of nitrogens with zero attached hydrogens (tertiary/aromatic N) is 8. The Hall–Kier alpha value is -7.87. The van der Waals surface area contributed by atoms with E-state index in [0.717, 1.165) is 6.54 Å².